The number of aromatic nitrogens is 2. The summed E-state index contributed by atoms with van der Waals surface area (Å²) in [4.78, 5) is 27.4. The standard InChI is InChI=1S/C14H17N3O4/c1-9(13(19)16-11(6-7-18)14(20)21)17-8-15-10-4-2-3-5-12(10)17/h2-5,8-9,11,18H,6-7H2,1H3,(H,16,19)(H,20,21)/t9?,11-/m0/s1. The minimum absolute atomic E-state index is 0.0293. The molecule has 0 fully saturated rings. The number of hydrogen-bond acceptors (Lipinski definition) is 4. The molecule has 0 spiro atoms. The summed E-state index contributed by atoms with van der Waals surface area (Å²) in [5.74, 6) is -1.60. The van der Waals surface area contributed by atoms with E-state index in [4.69, 9.17) is 10.2 Å². The van der Waals surface area contributed by atoms with E-state index in [1.807, 2.05) is 24.3 Å². The maximum Gasteiger partial charge on any atom is 0.326 e. The van der Waals surface area contributed by atoms with Gasteiger partial charge in [-0.1, -0.05) is 12.1 Å². The van der Waals surface area contributed by atoms with Gasteiger partial charge < -0.3 is 20.1 Å². The van der Waals surface area contributed by atoms with Crippen LogP contribution in [0.1, 0.15) is 19.4 Å². The largest absolute Gasteiger partial charge is 0.480 e. The number of carboxylic acids is 1. The van der Waals surface area contributed by atoms with Crippen molar-refractivity contribution in [2.24, 2.45) is 0 Å². The van der Waals surface area contributed by atoms with Crippen molar-refractivity contribution >= 4 is 22.9 Å². The first-order valence-corrected chi connectivity index (χ1v) is 6.60. The molecule has 0 aliphatic carbocycles. The molecule has 1 unspecified atom stereocenters. The molecule has 1 aromatic carbocycles. The number of amides is 1. The van der Waals surface area contributed by atoms with Gasteiger partial charge in [-0.2, -0.15) is 0 Å². The number of nitrogens with zero attached hydrogens (tertiary/aromatic N) is 2. The molecule has 1 aromatic heterocycles. The molecule has 1 heterocycles. The number of hydrogen-bond donors (Lipinski definition) is 3. The predicted molar refractivity (Wildman–Crippen MR) is 75.7 cm³/mol. The highest BCUT2D eigenvalue weighted by Gasteiger charge is 2.24. The van der Waals surface area contributed by atoms with Crippen LogP contribution in [-0.2, 0) is 9.59 Å². The number of carboxylic acid groups (broad SMARTS) is 1. The molecule has 3 N–H and O–H groups in total. The third-order valence-electron chi connectivity index (χ3n) is 3.31. The van der Waals surface area contributed by atoms with E-state index in [9.17, 15) is 9.59 Å². The van der Waals surface area contributed by atoms with Crippen LogP contribution in [-0.4, -0.2) is 44.3 Å². The van der Waals surface area contributed by atoms with Gasteiger partial charge in [0.05, 0.1) is 17.4 Å². The van der Waals surface area contributed by atoms with Crippen molar-refractivity contribution in [2.45, 2.75) is 25.4 Å². The number of aliphatic hydroxyl groups excluding tert-OH is 1. The number of aliphatic carboxylic acids is 1. The molecule has 0 aliphatic rings. The average Bonchev–Trinajstić information content (AvgIpc) is 2.89. The van der Waals surface area contributed by atoms with Crippen molar-refractivity contribution in [1.82, 2.24) is 14.9 Å². The minimum atomic E-state index is -1.17. The van der Waals surface area contributed by atoms with Crippen LogP contribution in [0, 0.1) is 0 Å². The summed E-state index contributed by atoms with van der Waals surface area (Å²) < 4.78 is 1.68. The van der Waals surface area contributed by atoms with Crippen LogP contribution in [0.2, 0.25) is 0 Å². The van der Waals surface area contributed by atoms with Crippen LogP contribution in [0.5, 0.6) is 0 Å². The third kappa shape index (κ3) is 3.19. The van der Waals surface area contributed by atoms with Crippen LogP contribution in [0.25, 0.3) is 11.0 Å². The molecule has 1 amide bonds. The number of imidazole rings is 1. The zero-order valence-electron chi connectivity index (χ0n) is 11.6. The fraction of sp³-hybridized carbons (Fsp3) is 0.357. The van der Waals surface area contributed by atoms with Crippen molar-refractivity contribution in [2.75, 3.05) is 6.61 Å². The van der Waals surface area contributed by atoms with Crippen LogP contribution >= 0.6 is 0 Å². The number of para-hydroxylation sites is 2. The van der Waals surface area contributed by atoms with Gasteiger partial charge in [-0.05, 0) is 19.1 Å². The Hall–Kier alpha value is -2.41. The van der Waals surface area contributed by atoms with E-state index in [1.165, 1.54) is 0 Å². The van der Waals surface area contributed by atoms with Crippen molar-refractivity contribution in [3.05, 3.63) is 30.6 Å². The van der Waals surface area contributed by atoms with Gasteiger partial charge in [-0.15, -0.1) is 0 Å². The minimum Gasteiger partial charge on any atom is -0.480 e. The van der Waals surface area contributed by atoms with E-state index >= 15 is 0 Å². The highest BCUT2D eigenvalue weighted by atomic mass is 16.4. The molecule has 0 aliphatic heterocycles. The van der Waals surface area contributed by atoms with E-state index in [0.717, 1.165) is 11.0 Å². The zero-order valence-corrected chi connectivity index (χ0v) is 11.6. The second-order valence-corrected chi connectivity index (χ2v) is 4.73. The number of aliphatic hydroxyl groups is 1. The molecule has 7 nitrogen and oxygen atoms in total. The smallest absolute Gasteiger partial charge is 0.326 e. The molecule has 0 saturated carbocycles. The molecule has 2 atom stereocenters. The van der Waals surface area contributed by atoms with Crippen LogP contribution in [0.3, 0.4) is 0 Å². The molecule has 112 valence electrons. The number of fused-ring (bicyclic) bond motifs is 1. The number of rotatable bonds is 6. The SMILES string of the molecule is CC(C(=O)N[C@@H](CCO)C(=O)O)n1cnc2ccccc21. The van der Waals surface area contributed by atoms with Crippen molar-refractivity contribution in [3.8, 4) is 0 Å². The fourth-order valence-corrected chi connectivity index (χ4v) is 2.09. The Kier molecular flexibility index (Phi) is 4.54. The third-order valence-corrected chi connectivity index (χ3v) is 3.31. The Morgan fingerprint density at radius 2 is 2.10 bits per heavy atom. The van der Waals surface area contributed by atoms with Gasteiger partial charge in [0.1, 0.15) is 12.1 Å². The lowest BCUT2D eigenvalue weighted by Crippen LogP contribution is -2.44. The molecular weight excluding hydrogens is 274 g/mol. The number of carbonyl (C=O) groups is 2. The van der Waals surface area contributed by atoms with Gasteiger partial charge >= 0.3 is 5.97 Å². The van der Waals surface area contributed by atoms with Gasteiger partial charge in [0.25, 0.3) is 0 Å². The van der Waals surface area contributed by atoms with Gasteiger partial charge in [0.15, 0.2) is 0 Å². The molecule has 7 heteroatoms. The molecule has 0 bridgehead atoms. The fourth-order valence-electron chi connectivity index (χ4n) is 2.09. The second-order valence-electron chi connectivity index (χ2n) is 4.73. The Morgan fingerprint density at radius 1 is 1.38 bits per heavy atom. The molecular formula is C14H17N3O4. The second kappa shape index (κ2) is 6.36. The van der Waals surface area contributed by atoms with Gasteiger partial charge in [-0.25, -0.2) is 9.78 Å². The summed E-state index contributed by atoms with van der Waals surface area (Å²) in [6.45, 7) is 1.36. The topological polar surface area (TPSA) is 104 Å². The highest BCUT2D eigenvalue weighted by molar-refractivity contribution is 5.87. The molecule has 21 heavy (non-hydrogen) atoms. The van der Waals surface area contributed by atoms with E-state index in [-0.39, 0.29) is 13.0 Å². The number of nitrogens with one attached hydrogen (secondary N) is 1. The lowest BCUT2D eigenvalue weighted by Gasteiger charge is -2.18. The molecule has 2 aromatic rings. The summed E-state index contributed by atoms with van der Waals surface area (Å²) in [5, 5.41) is 20.2. The van der Waals surface area contributed by atoms with Crippen molar-refractivity contribution < 1.29 is 19.8 Å². The first-order chi connectivity index (χ1) is 10.0. The van der Waals surface area contributed by atoms with E-state index in [1.54, 1.807) is 17.8 Å². The molecule has 2 rings (SSSR count). The van der Waals surface area contributed by atoms with Crippen LogP contribution < -0.4 is 5.32 Å². The lowest BCUT2D eigenvalue weighted by atomic mass is 10.2. The number of benzene rings is 1. The average molecular weight is 291 g/mol. The van der Waals surface area contributed by atoms with Gasteiger partial charge in [-0.3, -0.25) is 4.79 Å². The molecule has 0 saturated heterocycles. The lowest BCUT2D eigenvalue weighted by molar-refractivity contribution is -0.142. The normalized spacial score (nSPS) is 13.8. The van der Waals surface area contributed by atoms with Gasteiger partial charge in [0, 0.05) is 13.0 Å². The van der Waals surface area contributed by atoms with E-state index in [0.29, 0.717) is 0 Å². The zero-order chi connectivity index (χ0) is 15.4. The summed E-state index contributed by atoms with van der Waals surface area (Å²) in [6.07, 6.45) is 1.52. The highest BCUT2D eigenvalue weighted by Crippen LogP contribution is 2.17. The Morgan fingerprint density at radius 3 is 2.76 bits per heavy atom. The van der Waals surface area contributed by atoms with E-state index < -0.39 is 24.0 Å². The Labute approximate surface area is 121 Å². The van der Waals surface area contributed by atoms with Crippen molar-refractivity contribution in [3.63, 3.8) is 0 Å². The van der Waals surface area contributed by atoms with Crippen molar-refractivity contribution in [1.29, 1.82) is 0 Å². The quantitative estimate of drug-likeness (QED) is 0.721. The van der Waals surface area contributed by atoms with Crippen LogP contribution in [0.15, 0.2) is 30.6 Å². The first-order valence-electron chi connectivity index (χ1n) is 6.60. The van der Waals surface area contributed by atoms with Crippen LogP contribution in [0.4, 0.5) is 0 Å². The Bertz CT molecular complexity index is 652. The predicted octanol–water partition coefficient (Wildman–Crippen LogP) is 0.549. The number of carbonyl (C=O) groups excluding carboxylic acids is 1. The Balaban J connectivity index is 2.17. The summed E-state index contributed by atoms with van der Waals surface area (Å²) in [7, 11) is 0. The maximum atomic E-state index is 12.2. The maximum absolute atomic E-state index is 12.2. The first kappa shape index (κ1) is 15.0. The van der Waals surface area contributed by atoms with Gasteiger partial charge in [0.2, 0.25) is 5.91 Å². The summed E-state index contributed by atoms with van der Waals surface area (Å²) >= 11 is 0. The molecule has 0 radical (unpaired) electrons. The van der Waals surface area contributed by atoms with E-state index in [2.05, 4.69) is 10.3 Å². The summed E-state index contributed by atoms with van der Waals surface area (Å²) in [5.41, 5.74) is 1.57. The monoisotopic (exact) mass is 291 g/mol. The summed E-state index contributed by atoms with van der Waals surface area (Å²) in [6, 6.07) is 5.68.